The number of benzene rings is 2. The Morgan fingerprint density at radius 3 is 2.50 bits per heavy atom. The van der Waals surface area contributed by atoms with Crippen LogP contribution in [0.5, 0.6) is 0 Å². The fourth-order valence-corrected chi connectivity index (χ4v) is 5.34. The van der Waals surface area contributed by atoms with Gasteiger partial charge >= 0.3 is 0 Å². The lowest BCUT2D eigenvalue weighted by atomic mass is 9.85. The lowest BCUT2D eigenvalue weighted by Gasteiger charge is -2.33. The molecule has 3 rings (SSSR count). The van der Waals surface area contributed by atoms with Crippen LogP contribution >= 0.6 is 23.2 Å². The average Bonchev–Trinajstić information content (AvgIpc) is 2.82. The van der Waals surface area contributed by atoms with Crippen molar-refractivity contribution in [2.45, 2.75) is 17.4 Å². The summed E-state index contributed by atoms with van der Waals surface area (Å²) in [5, 5.41) is 1.32. The second kappa shape index (κ2) is 14.5. The average molecular weight is 531 g/mol. The molecule has 2 aromatic rings. The predicted molar refractivity (Wildman–Crippen MR) is 137 cm³/mol. The molecule has 0 saturated carbocycles. The molecule has 0 aromatic heterocycles. The number of nitrogens with zero attached hydrogens (tertiary/aromatic N) is 1. The van der Waals surface area contributed by atoms with Crippen molar-refractivity contribution in [3.63, 3.8) is 0 Å². The maximum absolute atomic E-state index is 12.8. The second-order valence-electron chi connectivity index (χ2n) is 8.07. The molecular formula is C24H33Cl2N3O4S. The highest BCUT2D eigenvalue weighted by molar-refractivity contribution is 7.83. The first kappa shape index (κ1) is 27.5. The summed E-state index contributed by atoms with van der Waals surface area (Å²) in [4.78, 5) is 2.96. The normalized spacial score (nSPS) is 17.0. The predicted octanol–water partition coefficient (Wildman–Crippen LogP) is 3.19. The number of fused-ring (bicyclic) bond motifs is 1. The molecule has 34 heavy (non-hydrogen) atoms. The van der Waals surface area contributed by atoms with Crippen molar-refractivity contribution in [3.05, 3.63) is 63.1 Å². The van der Waals surface area contributed by atoms with E-state index in [0.29, 0.717) is 62.8 Å². The molecule has 1 heterocycles. The smallest absolute Gasteiger partial charge is 0.124 e. The van der Waals surface area contributed by atoms with Crippen molar-refractivity contribution in [1.82, 2.24) is 9.62 Å². The summed E-state index contributed by atoms with van der Waals surface area (Å²) in [5.74, 6) is 0.103. The Balaban J connectivity index is 1.48. The van der Waals surface area contributed by atoms with Crippen LogP contribution in [0.4, 0.5) is 0 Å². The van der Waals surface area contributed by atoms with Crippen LogP contribution in [0.2, 0.25) is 10.0 Å². The lowest BCUT2D eigenvalue weighted by molar-refractivity contribution is 0.0171. The molecule has 7 nitrogen and oxygen atoms in total. The number of hydrogen-bond acceptors (Lipinski definition) is 6. The highest BCUT2D eigenvalue weighted by Gasteiger charge is 2.27. The van der Waals surface area contributed by atoms with Gasteiger partial charge in [0.15, 0.2) is 0 Å². The number of halogens is 2. The maximum atomic E-state index is 12.8. The van der Waals surface area contributed by atoms with Crippen molar-refractivity contribution in [3.8, 4) is 0 Å². The van der Waals surface area contributed by atoms with E-state index in [4.69, 9.17) is 43.1 Å². The first-order valence-electron chi connectivity index (χ1n) is 11.3. The number of hydrogen-bond donors (Lipinski definition) is 2. The third-order valence-electron chi connectivity index (χ3n) is 5.45. The van der Waals surface area contributed by atoms with E-state index < -0.39 is 11.0 Å². The molecule has 10 heteroatoms. The third kappa shape index (κ3) is 8.26. The fraction of sp³-hybridized carbons (Fsp3) is 0.500. The minimum Gasteiger partial charge on any atom is -0.378 e. The van der Waals surface area contributed by atoms with Crippen molar-refractivity contribution < 1.29 is 18.4 Å². The fourth-order valence-electron chi connectivity index (χ4n) is 3.89. The van der Waals surface area contributed by atoms with Crippen molar-refractivity contribution in [2.75, 3.05) is 66.3 Å². The Morgan fingerprint density at radius 2 is 1.76 bits per heavy atom. The van der Waals surface area contributed by atoms with E-state index in [1.807, 2.05) is 24.3 Å². The number of likely N-dealkylation sites (N-methyl/N-ethyl adjacent to an activating group) is 1. The molecular weight excluding hydrogens is 497 g/mol. The minimum absolute atomic E-state index is 0.103. The van der Waals surface area contributed by atoms with Gasteiger partial charge in [0.2, 0.25) is 0 Å². The van der Waals surface area contributed by atoms with Crippen LogP contribution in [-0.2, 0) is 31.7 Å². The van der Waals surface area contributed by atoms with Crippen LogP contribution in [0.15, 0.2) is 41.3 Å². The monoisotopic (exact) mass is 529 g/mol. The highest BCUT2D eigenvalue weighted by Crippen LogP contribution is 2.38. The summed E-state index contributed by atoms with van der Waals surface area (Å²) in [6, 6.07) is 11.7. The first-order chi connectivity index (χ1) is 16.5. The first-order valence-corrected chi connectivity index (χ1v) is 13.2. The molecule has 0 amide bonds. The summed E-state index contributed by atoms with van der Waals surface area (Å²) in [5.41, 5.74) is 8.66. The Bertz CT molecular complexity index is 950. The quantitative estimate of drug-likeness (QED) is 0.365. The Morgan fingerprint density at radius 1 is 1.06 bits per heavy atom. The third-order valence-corrected chi connectivity index (χ3v) is 7.16. The Hall–Kier alpha value is -1.07. The molecule has 1 aliphatic heterocycles. The van der Waals surface area contributed by atoms with E-state index in [9.17, 15) is 4.21 Å². The maximum Gasteiger partial charge on any atom is 0.124 e. The van der Waals surface area contributed by atoms with Crippen LogP contribution < -0.4 is 10.5 Å². The summed E-state index contributed by atoms with van der Waals surface area (Å²) >= 11 is 12.8. The Kier molecular flexibility index (Phi) is 11.7. The van der Waals surface area contributed by atoms with E-state index in [0.717, 1.165) is 34.7 Å². The Labute approximate surface area is 214 Å². The topological polar surface area (TPSA) is 86.1 Å². The molecule has 3 N–H and O–H groups in total. The molecule has 188 valence electrons. The summed E-state index contributed by atoms with van der Waals surface area (Å²) in [7, 11) is 0.734. The molecule has 0 saturated heterocycles. The van der Waals surface area contributed by atoms with Gasteiger partial charge in [-0.1, -0.05) is 35.3 Å². The summed E-state index contributed by atoms with van der Waals surface area (Å²) < 4.78 is 32.0. The van der Waals surface area contributed by atoms with Gasteiger partial charge in [0.05, 0.1) is 44.5 Å². The van der Waals surface area contributed by atoms with Crippen LogP contribution in [0.25, 0.3) is 0 Å². The van der Waals surface area contributed by atoms with Gasteiger partial charge in [-0.05, 0) is 48.0 Å². The number of nitrogens with two attached hydrogens (primary N) is 1. The van der Waals surface area contributed by atoms with Gasteiger partial charge in [0.25, 0.3) is 0 Å². The molecule has 2 unspecified atom stereocenters. The largest absolute Gasteiger partial charge is 0.378 e. The highest BCUT2D eigenvalue weighted by atomic mass is 35.5. The zero-order valence-corrected chi connectivity index (χ0v) is 21.8. The molecule has 0 aliphatic carbocycles. The van der Waals surface area contributed by atoms with Gasteiger partial charge in [0.1, 0.15) is 11.0 Å². The number of ether oxygens (including phenoxy) is 3. The van der Waals surface area contributed by atoms with Crippen LogP contribution in [0.1, 0.15) is 22.6 Å². The summed E-state index contributed by atoms with van der Waals surface area (Å²) in [6.45, 7) is 5.58. The van der Waals surface area contributed by atoms with Gasteiger partial charge in [-0.2, -0.15) is 0 Å². The van der Waals surface area contributed by atoms with E-state index in [2.05, 4.69) is 22.7 Å². The van der Waals surface area contributed by atoms with Crippen molar-refractivity contribution in [2.24, 2.45) is 5.73 Å². The molecule has 0 bridgehead atoms. The van der Waals surface area contributed by atoms with Gasteiger partial charge in [-0.15, -0.1) is 0 Å². The van der Waals surface area contributed by atoms with E-state index >= 15 is 0 Å². The van der Waals surface area contributed by atoms with E-state index in [1.54, 1.807) is 6.07 Å². The summed E-state index contributed by atoms with van der Waals surface area (Å²) in [6.07, 6.45) is 0. The minimum atomic E-state index is -1.34. The zero-order valence-electron chi connectivity index (χ0n) is 19.4. The van der Waals surface area contributed by atoms with Crippen LogP contribution in [0, 0.1) is 0 Å². The van der Waals surface area contributed by atoms with Gasteiger partial charge in [-0.25, -0.2) is 8.93 Å². The van der Waals surface area contributed by atoms with Gasteiger partial charge in [0, 0.05) is 42.1 Å². The van der Waals surface area contributed by atoms with Gasteiger partial charge in [-0.3, -0.25) is 0 Å². The van der Waals surface area contributed by atoms with Crippen LogP contribution in [0.3, 0.4) is 0 Å². The zero-order chi connectivity index (χ0) is 24.3. The van der Waals surface area contributed by atoms with Crippen molar-refractivity contribution in [1.29, 1.82) is 0 Å². The molecule has 2 aromatic carbocycles. The van der Waals surface area contributed by atoms with E-state index in [1.165, 1.54) is 0 Å². The standard InChI is InChI=1S/C24H33Cl2N3O4S/c1-29-16-22(21-14-19(25)15-24(26)23(21)17-29)18-3-2-4-20(13-18)34(30)28-6-8-32-10-12-33-11-9-31-7-5-27/h2-4,13-15,22,28H,5-12,16-17,27H2,1H3. The van der Waals surface area contributed by atoms with Crippen LogP contribution in [-0.4, -0.2) is 75.4 Å². The SMILES string of the molecule is CN1Cc2c(Cl)cc(Cl)cc2C(c2cccc(S(=O)NCCOCCOCCOCCN)c2)C1. The number of rotatable bonds is 14. The molecule has 1 aliphatic rings. The van der Waals surface area contributed by atoms with Crippen molar-refractivity contribution >= 4 is 34.2 Å². The lowest BCUT2D eigenvalue weighted by Crippen LogP contribution is -2.31. The van der Waals surface area contributed by atoms with E-state index in [-0.39, 0.29) is 5.92 Å². The number of nitrogens with one attached hydrogen (secondary N) is 1. The second-order valence-corrected chi connectivity index (χ2v) is 10.2. The molecule has 0 spiro atoms. The molecule has 2 atom stereocenters. The molecule has 0 radical (unpaired) electrons. The molecule has 0 fully saturated rings. The van der Waals surface area contributed by atoms with Gasteiger partial charge < -0.3 is 24.8 Å².